The number of hydrogen-bond acceptors (Lipinski definition) is 11. The Balaban J connectivity index is 1.55. The molecule has 1 unspecified atom stereocenters. The number of pyridine rings is 1. The minimum atomic E-state index is -1.49. The number of nitrogens with two attached hydrogens (primary N) is 2. The molecule has 2 aliphatic heterocycles. The summed E-state index contributed by atoms with van der Waals surface area (Å²) in [6.07, 6.45) is 9.86. The van der Waals surface area contributed by atoms with Crippen LogP contribution in [-0.4, -0.2) is 62.1 Å². The van der Waals surface area contributed by atoms with Gasteiger partial charge >= 0.3 is 0 Å². The Kier molecular flexibility index (Phi) is 7.02. The lowest BCUT2D eigenvalue weighted by Crippen LogP contribution is -2.71. The van der Waals surface area contributed by atoms with E-state index in [-0.39, 0.29) is 42.0 Å². The maximum Gasteiger partial charge on any atom is 0.278 e. The molecule has 0 aliphatic carbocycles. The molecule has 184 valence electrons. The summed E-state index contributed by atoms with van der Waals surface area (Å²) in [5, 5.41) is 17.6. The first-order chi connectivity index (χ1) is 17.3. The third-order valence-electron chi connectivity index (χ3n) is 5.19. The highest BCUT2D eigenvalue weighted by atomic mass is 32.2. The Morgan fingerprint density at radius 3 is 2.92 bits per heavy atom. The molecule has 0 radical (unpaired) electrons. The van der Waals surface area contributed by atoms with Crippen molar-refractivity contribution in [3.63, 3.8) is 0 Å². The van der Waals surface area contributed by atoms with Crippen LogP contribution in [0.1, 0.15) is 5.82 Å². The molecule has 0 aromatic carbocycles. The molecule has 0 spiro atoms. The lowest BCUT2D eigenvalue weighted by atomic mass is 10.0. The Morgan fingerprint density at radius 1 is 1.42 bits per heavy atom. The zero-order chi connectivity index (χ0) is 25.8. The Labute approximate surface area is 209 Å². The van der Waals surface area contributed by atoms with Crippen molar-refractivity contribution in [3.8, 4) is 12.3 Å². The Hall–Kier alpha value is -4.64. The van der Waals surface area contributed by atoms with Crippen LogP contribution in [0.5, 0.6) is 0 Å². The standard InChI is InChI=1S/C22H20N8O5S/c1-2-8-35-28-15(18-25-6-5-14(24)26-18)19(31)27-16-20(32)30-17(22(33)34)12(11-36-21(16)30)9-29-7-3-4-13(23)10-29/h1,3-7,10,16,21H,8-9,11,23H2,(H3-,24,25,26,27,31,33,34)/t16?,21-/m0/s1. The number of carboxylic acids is 1. The molecular weight excluding hydrogens is 488 g/mol. The van der Waals surface area contributed by atoms with E-state index >= 15 is 0 Å². The number of aromatic nitrogens is 3. The number of nitrogens with one attached hydrogen (secondary N) is 1. The number of terminal acetylenes is 1. The van der Waals surface area contributed by atoms with E-state index in [0.29, 0.717) is 11.3 Å². The Morgan fingerprint density at radius 2 is 2.22 bits per heavy atom. The highest BCUT2D eigenvalue weighted by molar-refractivity contribution is 8.00. The number of rotatable bonds is 8. The molecule has 0 saturated carbocycles. The number of carboxylic acid groups (broad SMARTS) is 1. The van der Waals surface area contributed by atoms with Gasteiger partial charge in [-0.15, -0.1) is 18.2 Å². The summed E-state index contributed by atoms with van der Waals surface area (Å²) in [5.41, 5.74) is 11.9. The number of amides is 2. The van der Waals surface area contributed by atoms with Gasteiger partial charge in [0.2, 0.25) is 5.71 Å². The quantitative estimate of drug-likeness (QED) is 0.0849. The fourth-order valence-corrected chi connectivity index (χ4v) is 5.00. The maximum absolute atomic E-state index is 13.0. The monoisotopic (exact) mass is 508 g/mol. The van der Waals surface area contributed by atoms with E-state index in [9.17, 15) is 19.5 Å². The van der Waals surface area contributed by atoms with E-state index in [4.69, 9.17) is 22.7 Å². The molecule has 2 aromatic rings. The largest absolute Gasteiger partial charge is 0.543 e. The summed E-state index contributed by atoms with van der Waals surface area (Å²) in [6.45, 7) is -0.0215. The van der Waals surface area contributed by atoms with Crippen molar-refractivity contribution in [2.45, 2.75) is 18.0 Å². The molecule has 1 fully saturated rings. The van der Waals surface area contributed by atoms with E-state index in [1.165, 1.54) is 24.0 Å². The molecule has 0 bridgehead atoms. The van der Waals surface area contributed by atoms with Crippen molar-refractivity contribution < 1.29 is 28.9 Å². The number of nitrogen functional groups attached to an aromatic ring is 2. The van der Waals surface area contributed by atoms with E-state index in [1.54, 1.807) is 29.1 Å². The molecule has 4 rings (SSSR count). The molecule has 2 aromatic heterocycles. The molecule has 2 aliphatic rings. The first-order valence-corrected chi connectivity index (χ1v) is 11.5. The number of aliphatic carboxylic acids is 1. The minimum Gasteiger partial charge on any atom is -0.543 e. The second kappa shape index (κ2) is 10.3. The van der Waals surface area contributed by atoms with Gasteiger partial charge in [0.05, 0.1) is 17.4 Å². The number of carbonyl (C=O) groups is 3. The number of nitrogens with zero attached hydrogens (tertiary/aromatic N) is 5. The molecule has 36 heavy (non-hydrogen) atoms. The zero-order valence-corrected chi connectivity index (χ0v) is 19.5. The first kappa shape index (κ1) is 24.5. The number of oxime groups is 1. The summed E-state index contributed by atoms with van der Waals surface area (Å²) >= 11 is 1.30. The number of fused-ring (bicyclic) bond motifs is 1. The average Bonchev–Trinajstić information content (AvgIpc) is 2.84. The molecule has 2 amide bonds. The van der Waals surface area contributed by atoms with Gasteiger partial charge in [0.15, 0.2) is 31.4 Å². The predicted molar refractivity (Wildman–Crippen MR) is 126 cm³/mol. The van der Waals surface area contributed by atoms with Crippen LogP contribution >= 0.6 is 11.8 Å². The smallest absolute Gasteiger partial charge is 0.278 e. The Bertz CT molecular complexity index is 1340. The molecule has 4 heterocycles. The average molecular weight is 509 g/mol. The van der Waals surface area contributed by atoms with Crippen molar-refractivity contribution in [2.75, 3.05) is 23.8 Å². The van der Waals surface area contributed by atoms with Gasteiger partial charge in [-0.3, -0.25) is 14.5 Å². The summed E-state index contributed by atoms with van der Waals surface area (Å²) in [5.74, 6) is -0.491. The van der Waals surface area contributed by atoms with Crippen LogP contribution in [0.25, 0.3) is 0 Å². The number of anilines is 2. The fourth-order valence-electron chi connectivity index (χ4n) is 3.67. The van der Waals surface area contributed by atoms with Crippen molar-refractivity contribution >= 4 is 46.8 Å². The van der Waals surface area contributed by atoms with Gasteiger partial charge in [-0.05, 0) is 12.1 Å². The van der Waals surface area contributed by atoms with Crippen LogP contribution in [0, 0.1) is 12.3 Å². The van der Waals surface area contributed by atoms with Gasteiger partial charge in [0, 0.05) is 23.6 Å². The van der Waals surface area contributed by atoms with Crippen LogP contribution < -0.4 is 26.5 Å². The summed E-state index contributed by atoms with van der Waals surface area (Å²) in [6, 6.07) is 3.81. The van der Waals surface area contributed by atoms with Crippen molar-refractivity contribution in [2.24, 2.45) is 5.16 Å². The lowest BCUT2D eigenvalue weighted by Gasteiger charge is -2.50. The third kappa shape index (κ3) is 4.91. The number of carbonyl (C=O) groups excluding carboxylic acids is 3. The summed E-state index contributed by atoms with van der Waals surface area (Å²) in [4.78, 5) is 51.9. The number of β-lactam (4-membered cyclic amide) rings is 1. The van der Waals surface area contributed by atoms with Crippen LogP contribution in [0.15, 0.2) is 53.2 Å². The van der Waals surface area contributed by atoms with Crippen molar-refractivity contribution in [1.29, 1.82) is 0 Å². The first-order valence-electron chi connectivity index (χ1n) is 10.5. The van der Waals surface area contributed by atoms with Gasteiger partial charge in [-0.2, -0.15) is 4.57 Å². The second-order valence-corrected chi connectivity index (χ2v) is 8.74. The van der Waals surface area contributed by atoms with E-state index < -0.39 is 29.2 Å². The van der Waals surface area contributed by atoms with Crippen LogP contribution in [-0.2, 0) is 25.8 Å². The number of hydrogen-bond donors (Lipinski definition) is 3. The van der Waals surface area contributed by atoms with E-state index in [0.717, 1.165) is 4.90 Å². The topological polar surface area (TPSA) is 193 Å². The normalized spacial score (nSPS) is 19.1. The fraction of sp³-hybridized carbons (Fsp3) is 0.227. The van der Waals surface area contributed by atoms with Gasteiger partial charge in [-0.1, -0.05) is 11.1 Å². The molecule has 2 atom stereocenters. The molecule has 5 N–H and O–H groups in total. The van der Waals surface area contributed by atoms with Gasteiger partial charge < -0.3 is 31.5 Å². The van der Waals surface area contributed by atoms with E-state index in [1.807, 2.05) is 0 Å². The molecule has 1 saturated heterocycles. The van der Waals surface area contributed by atoms with Crippen molar-refractivity contribution in [1.82, 2.24) is 20.2 Å². The third-order valence-corrected chi connectivity index (χ3v) is 6.53. The summed E-state index contributed by atoms with van der Waals surface area (Å²) in [7, 11) is 0. The van der Waals surface area contributed by atoms with Gasteiger partial charge in [0.1, 0.15) is 17.2 Å². The van der Waals surface area contributed by atoms with Crippen LogP contribution in [0.4, 0.5) is 11.5 Å². The summed E-state index contributed by atoms with van der Waals surface area (Å²) < 4.78 is 1.71. The van der Waals surface area contributed by atoms with Crippen LogP contribution in [0.2, 0.25) is 0 Å². The number of thioether (sulfide) groups is 1. The molecule has 13 nitrogen and oxygen atoms in total. The highest BCUT2D eigenvalue weighted by Gasteiger charge is 2.53. The van der Waals surface area contributed by atoms with Gasteiger partial charge in [-0.25, -0.2) is 9.97 Å². The lowest BCUT2D eigenvalue weighted by molar-refractivity contribution is -0.688. The predicted octanol–water partition coefficient (Wildman–Crippen LogP) is -2.61. The zero-order valence-electron chi connectivity index (χ0n) is 18.7. The molecular formula is C22H20N8O5S. The molecule has 14 heteroatoms. The van der Waals surface area contributed by atoms with E-state index in [2.05, 4.69) is 26.4 Å². The second-order valence-electron chi connectivity index (χ2n) is 7.63. The maximum atomic E-state index is 13.0. The minimum absolute atomic E-state index is 0.0838. The van der Waals surface area contributed by atoms with Crippen molar-refractivity contribution in [3.05, 3.63) is 53.9 Å². The highest BCUT2D eigenvalue weighted by Crippen LogP contribution is 2.40. The van der Waals surface area contributed by atoms with Gasteiger partial charge in [0.25, 0.3) is 11.8 Å². The SMILES string of the molecule is C#CCON=C(C(=O)NC1C(=O)N2C(C(=O)[O-])=C(C[n+]3cccc(N)c3)CS[C@@H]12)c1nccc(N)n1. The van der Waals surface area contributed by atoms with Crippen LogP contribution in [0.3, 0.4) is 0 Å².